The van der Waals surface area contributed by atoms with Crippen molar-refractivity contribution >= 4 is 34.4 Å². The van der Waals surface area contributed by atoms with Crippen LogP contribution in [0.4, 0.5) is 5.82 Å². The fourth-order valence-electron chi connectivity index (χ4n) is 2.25. The number of hydrogen-bond acceptors (Lipinski definition) is 5. The molecular formula is C16H12ClN5S. The van der Waals surface area contributed by atoms with Gasteiger partial charge in [0.25, 0.3) is 0 Å². The van der Waals surface area contributed by atoms with Gasteiger partial charge in [0.2, 0.25) is 0 Å². The summed E-state index contributed by atoms with van der Waals surface area (Å²) in [4.78, 5) is 0. The first-order valence-corrected chi connectivity index (χ1v) is 8.35. The number of nitrogens with one attached hydrogen (secondary N) is 1. The van der Waals surface area contributed by atoms with Gasteiger partial charge in [-0.25, -0.2) is 0 Å². The monoisotopic (exact) mass is 341 g/mol. The Hall–Kier alpha value is -2.44. The Morgan fingerprint density at radius 2 is 1.91 bits per heavy atom. The van der Waals surface area contributed by atoms with Crippen molar-refractivity contribution < 1.29 is 0 Å². The Kier molecular flexibility index (Phi) is 3.69. The van der Waals surface area contributed by atoms with Crippen molar-refractivity contribution in [3.05, 3.63) is 63.8 Å². The highest BCUT2D eigenvalue weighted by Gasteiger charge is 2.10. The first-order chi connectivity index (χ1) is 11.3. The quantitative estimate of drug-likeness (QED) is 0.606. The number of benzene rings is 1. The predicted octanol–water partition coefficient (Wildman–Crippen LogP) is 4.12. The van der Waals surface area contributed by atoms with Crippen LogP contribution in [0.3, 0.4) is 0 Å². The molecule has 5 nitrogen and oxygen atoms in total. The van der Waals surface area contributed by atoms with Crippen molar-refractivity contribution in [3.63, 3.8) is 0 Å². The molecule has 1 N–H and O–H groups in total. The van der Waals surface area contributed by atoms with Gasteiger partial charge in [0.1, 0.15) is 5.82 Å². The third-order valence-electron chi connectivity index (χ3n) is 3.43. The van der Waals surface area contributed by atoms with Gasteiger partial charge < -0.3 is 5.32 Å². The highest BCUT2D eigenvalue weighted by Crippen LogP contribution is 2.21. The van der Waals surface area contributed by atoms with Crippen molar-refractivity contribution in [2.24, 2.45) is 0 Å². The normalized spacial score (nSPS) is 11.0. The summed E-state index contributed by atoms with van der Waals surface area (Å²) in [6.07, 6.45) is 0. The van der Waals surface area contributed by atoms with Crippen LogP contribution in [0.1, 0.15) is 5.56 Å². The molecule has 0 amide bonds. The van der Waals surface area contributed by atoms with Gasteiger partial charge in [-0.2, -0.15) is 15.9 Å². The lowest BCUT2D eigenvalue weighted by Gasteiger charge is -2.06. The molecule has 0 unspecified atom stereocenters. The van der Waals surface area contributed by atoms with Gasteiger partial charge in [-0.3, -0.25) is 0 Å². The first-order valence-electron chi connectivity index (χ1n) is 7.03. The molecule has 0 aliphatic rings. The molecule has 0 saturated carbocycles. The third kappa shape index (κ3) is 2.91. The number of fused-ring (bicyclic) bond motifs is 1. The van der Waals surface area contributed by atoms with Crippen molar-refractivity contribution in [1.29, 1.82) is 0 Å². The molecule has 3 heterocycles. The minimum Gasteiger partial charge on any atom is -0.365 e. The Morgan fingerprint density at radius 1 is 1.04 bits per heavy atom. The minimum absolute atomic E-state index is 0.672. The van der Waals surface area contributed by atoms with E-state index >= 15 is 0 Å². The lowest BCUT2D eigenvalue weighted by Crippen LogP contribution is -2.04. The summed E-state index contributed by atoms with van der Waals surface area (Å²) in [5, 5.41) is 21.0. The Morgan fingerprint density at radius 3 is 2.70 bits per heavy atom. The number of aromatic nitrogens is 4. The van der Waals surface area contributed by atoms with Crippen LogP contribution in [-0.4, -0.2) is 19.8 Å². The molecule has 23 heavy (non-hydrogen) atoms. The summed E-state index contributed by atoms with van der Waals surface area (Å²) >= 11 is 7.52. The van der Waals surface area contributed by atoms with E-state index in [9.17, 15) is 0 Å². The van der Waals surface area contributed by atoms with Crippen LogP contribution in [0, 0.1) is 0 Å². The molecular weight excluding hydrogens is 330 g/mol. The maximum atomic E-state index is 5.90. The van der Waals surface area contributed by atoms with Gasteiger partial charge in [0.05, 0.1) is 0 Å². The first kappa shape index (κ1) is 14.2. The van der Waals surface area contributed by atoms with E-state index in [4.69, 9.17) is 11.6 Å². The molecule has 0 saturated heterocycles. The molecule has 0 spiro atoms. The van der Waals surface area contributed by atoms with E-state index in [1.807, 2.05) is 53.2 Å². The Labute approximate surface area is 141 Å². The van der Waals surface area contributed by atoms with Gasteiger partial charge in [-0.1, -0.05) is 23.7 Å². The van der Waals surface area contributed by atoms with E-state index < -0.39 is 0 Å². The number of hydrogen-bond donors (Lipinski definition) is 1. The van der Waals surface area contributed by atoms with Crippen LogP contribution in [-0.2, 0) is 6.54 Å². The molecule has 0 atom stereocenters. The number of nitrogens with zero attached hydrogens (tertiary/aromatic N) is 4. The van der Waals surface area contributed by atoms with E-state index in [1.165, 1.54) is 0 Å². The van der Waals surface area contributed by atoms with Crippen LogP contribution in [0.25, 0.3) is 17.0 Å². The standard InChI is InChI=1S/C16H12ClN5S/c17-13-3-1-11(2-4-13)9-18-14-5-6-15-19-20-16(22(15)21-14)12-7-8-23-10-12/h1-8,10H,9H2,(H,18,21). The van der Waals surface area contributed by atoms with Crippen LogP contribution in [0.5, 0.6) is 0 Å². The highest BCUT2D eigenvalue weighted by molar-refractivity contribution is 7.08. The van der Waals surface area contributed by atoms with E-state index in [-0.39, 0.29) is 0 Å². The van der Waals surface area contributed by atoms with E-state index in [2.05, 4.69) is 20.6 Å². The van der Waals surface area contributed by atoms with Crippen molar-refractivity contribution in [3.8, 4) is 11.4 Å². The molecule has 0 aliphatic carbocycles. The van der Waals surface area contributed by atoms with E-state index in [0.717, 1.165) is 33.4 Å². The zero-order chi connectivity index (χ0) is 15.6. The summed E-state index contributed by atoms with van der Waals surface area (Å²) in [6.45, 7) is 0.672. The molecule has 0 aliphatic heterocycles. The second kappa shape index (κ2) is 5.98. The van der Waals surface area contributed by atoms with Gasteiger partial charge in [-0.15, -0.1) is 15.3 Å². The number of thiophene rings is 1. The van der Waals surface area contributed by atoms with Crippen molar-refractivity contribution in [1.82, 2.24) is 19.8 Å². The summed E-state index contributed by atoms with van der Waals surface area (Å²) in [5.74, 6) is 1.51. The van der Waals surface area contributed by atoms with Gasteiger partial charge in [-0.05, 0) is 41.3 Å². The SMILES string of the molecule is Clc1ccc(CNc2ccc3nnc(-c4ccsc4)n3n2)cc1. The summed E-state index contributed by atoms with van der Waals surface area (Å²) in [6, 6.07) is 13.5. The molecule has 0 bridgehead atoms. The lowest BCUT2D eigenvalue weighted by atomic mass is 10.2. The van der Waals surface area contributed by atoms with Gasteiger partial charge in [0, 0.05) is 22.5 Å². The molecule has 3 aromatic heterocycles. The van der Waals surface area contributed by atoms with Gasteiger partial charge >= 0.3 is 0 Å². The van der Waals surface area contributed by atoms with Crippen molar-refractivity contribution in [2.45, 2.75) is 6.54 Å². The van der Waals surface area contributed by atoms with Crippen LogP contribution in [0.2, 0.25) is 5.02 Å². The smallest absolute Gasteiger partial charge is 0.186 e. The van der Waals surface area contributed by atoms with Crippen molar-refractivity contribution in [2.75, 3.05) is 5.32 Å². The van der Waals surface area contributed by atoms with Crippen LogP contribution >= 0.6 is 22.9 Å². The molecule has 7 heteroatoms. The lowest BCUT2D eigenvalue weighted by molar-refractivity contribution is 0.926. The molecule has 0 radical (unpaired) electrons. The fraction of sp³-hybridized carbons (Fsp3) is 0.0625. The zero-order valence-electron chi connectivity index (χ0n) is 12.0. The van der Waals surface area contributed by atoms with Gasteiger partial charge in [0.15, 0.2) is 11.5 Å². The predicted molar refractivity (Wildman–Crippen MR) is 92.9 cm³/mol. The topological polar surface area (TPSA) is 55.1 Å². The minimum atomic E-state index is 0.672. The Balaban J connectivity index is 1.60. The molecule has 0 fully saturated rings. The van der Waals surface area contributed by atoms with Crippen LogP contribution < -0.4 is 5.32 Å². The largest absolute Gasteiger partial charge is 0.365 e. The second-order valence-corrected chi connectivity index (χ2v) is 6.22. The third-order valence-corrected chi connectivity index (χ3v) is 4.36. The summed E-state index contributed by atoms with van der Waals surface area (Å²) in [7, 11) is 0. The second-order valence-electron chi connectivity index (χ2n) is 5.00. The summed E-state index contributed by atoms with van der Waals surface area (Å²) < 4.78 is 1.76. The fourth-order valence-corrected chi connectivity index (χ4v) is 3.01. The van der Waals surface area contributed by atoms with E-state index in [0.29, 0.717) is 6.54 Å². The van der Waals surface area contributed by atoms with E-state index in [1.54, 1.807) is 15.9 Å². The average Bonchev–Trinajstić information content (AvgIpc) is 3.23. The number of halogens is 1. The summed E-state index contributed by atoms with van der Waals surface area (Å²) in [5.41, 5.74) is 2.88. The number of rotatable bonds is 4. The zero-order valence-corrected chi connectivity index (χ0v) is 13.6. The maximum absolute atomic E-state index is 5.90. The molecule has 1 aromatic carbocycles. The molecule has 4 rings (SSSR count). The molecule has 114 valence electrons. The highest BCUT2D eigenvalue weighted by atomic mass is 35.5. The average molecular weight is 342 g/mol. The number of anilines is 1. The molecule has 4 aromatic rings. The Bertz CT molecular complexity index is 931. The maximum Gasteiger partial charge on any atom is 0.186 e. The van der Waals surface area contributed by atoms with Crippen LogP contribution in [0.15, 0.2) is 53.2 Å².